The number of rotatable bonds is 3. The molecule has 3 amide bonds. The van der Waals surface area contributed by atoms with E-state index in [1.165, 1.54) is 0 Å². The summed E-state index contributed by atoms with van der Waals surface area (Å²) < 4.78 is 0. The maximum Gasteiger partial charge on any atom is 0.317 e. The fourth-order valence-corrected chi connectivity index (χ4v) is 2.52. The SMILES string of the molecule is O=C1CCC(CNC(=O)N2CCC[C@@H](C(=O)O)C2)N1. The van der Waals surface area contributed by atoms with Gasteiger partial charge in [0.1, 0.15) is 0 Å². The topological polar surface area (TPSA) is 98.7 Å². The van der Waals surface area contributed by atoms with Crippen LogP contribution in [0, 0.1) is 5.92 Å². The zero-order valence-electron chi connectivity index (χ0n) is 10.7. The Kier molecular flexibility index (Phi) is 4.24. The number of nitrogens with one attached hydrogen (secondary N) is 2. The Morgan fingerprint density at radius 2 is 2.21 bits per heavy atom. The Morgan fingerprint density at radius 3 is 2.84 bits per heavy atom. The molecular formula is C12H19N3O4. The Balaban J connectivity index is 1.76. The van der Waals surface area contributed by atoms with Gasteiger partial charge in [-0.05, 0) is 19.3 Å². The van der Waals surface area contributed by atoms with Gasteiger partial charge in [-0.1, -0.05) is 0 Å². The van der Waals surface area contributed by atoms with Gasteiger partial charge in [-0.15, -0.1) is 0 Å². The monoisotopic (exact) mass is 269 g/mol. The number of hydrogen-bond acceptors (Lipinski definition) is 3. The summed E-state index contributed by atoms with van der Waals surface area (Å²) in [5.74, 6) is -1.30. The van der Waals surface area contributed by atoms with Gasteiger partial charge in [0.05, 0.1) is 5.92 Å². The van der Waals surface area contributed by atoms with Crippen molar-refractivity contribution in [2.45, 2.75) is 31.7 Å². The van der Waals surface area contributed by atoms with E-state index in [2.05, 4.69) is 10.6 Å². The van der Waals surface area contributed by atoms with E-state index in [1.807, 2.05) is 0 Å². The largest absolute Gasteiger partial charge is 0.481 e. The van der Waals surface area contributed by atoms with E-state index in [4.69, 9.17) is 5.11 Å². The number of nitrogens with zero attached hydrogens (tertiary/aromatic N) is 1. The van der Waals surface area contributed by atoms with Crippen molar-refractivity contribution < 1.29 is 19.5 Å². The molecule has 2 rings (SSSR count). The number of amides is 3. The molecule has 0 bridgehead atoms. The maximum absolute atomic E-state index is 11.9. The summed E-state index contributed by atoms with van der Waals surface area (Å²) in [6, 6.07) is -0.247. The molecule has 0 radical (unpaired) electrons. The number of carbonyl (C=O) groups excluding carboxylic acids is 2. The molecule has 7 heteroatoms. The highest BCUT2D eigenvalue weighted by Gasteiger charge is 2.28. The third-order valence-electron chi connectivity index (χ3n) is 3.64. The zero-order valence-corrected chi connectivity index (χ0v) is 10.7. The molecule has 2 aliphatic rings. The van der Waals surface area contributed by atoms with E-state index < -0.39 is 11.9 Å². The lowest BCUT2D eigenvalue weighted by molar-refractivity contribution is -0.143. The van der Waals surface area contributed by atoms with Crippen molar-refractivity contribution in [3.63, 3.8) is 0 Å². The molecule has 2 aliphatic heterocycles. The minimum atomic E-state index is -0.847. The summed E-state index contributed by atoms with van der Waals surface area (Å²) in [4.78, 5) is 35.4. The predicted molar refractivity (Wildman–Crippen MR) is 66.5 cm³/mol. The molecular weight excluding hydrogens is 250 g/mol. The van der Waals surface area contributed by atoms with E-state index in [0.717, 1.165) is 6.42 Å². The molecule has 106 valence electrons. The van der Waals surface area contributed by atoms with E-state index in [1.54, 1.807) is 4.90 Å². The van der Waals surface area contributed by atoms with Gasteiger partial charge < -0.3 is 20.6 Å². The van der Waals surface area contributed by atoms with Crippen LogP contribution in [0.25, 0.3) is 0 Å². The predicted octanol–water partition coefficient (Wildman–Crippen LogP) is -0.229. The van der Waals surface area contributed by atoms with Crippen LogP contribution in [0.4, 0.5) is 4.79 Å². The van der Waals surface area contributed by atoms with Crippen LogP contribution in [0.3, 0.4) is 0 Å². The average Bonchev–Trinajstić information content (AvgIpc) is 2.82. The molecule has 0 spiro atoms. The Labute approximate surface area is 111 Å². The highest BCUT2D eigenvalue weighted by molar-refractivity contribution is 5.79. The standard InChI is InChI=1S/C12H19N3O4/c16-10-4-3-9(14-10)6-13-12(19)15-5-1-2-8(7-15)11(17)18/h8-9H,1-7H2,(H,13,19)(H,14,16)(H,17,18)/t8-,9?/m1/s1. The minimum Gasteiger partial charge on any atom is -0.481 e. The summed E-state index contributed by atoms with van der Waals surface area (Å²) in [5.41, 5.74) is 0. The number of piperidine rings is 1. The van der Waals surface area contributed by atoms with Crippen LogP contribution in [-0.4, -0.2) is 53.6 Å². The number of likely N-dealkylation sites (tertiary alicyclic amines) is 1. The average molecular weight is 269 g/mol. The second-order valence-electron chi connectivity index (χ2n) is 5.11. The van der Waals surface area contributed by atoms with Crippen molar-refractivity contribution >= 4 is 17.9 Å². The van der Waals surface area contributed by atoms with Crippen LogP contribution >= 0.6 is 0 Å². The first-order valence-corrected chi connectivity index (χ1v) is 6.61. The van der Waals surface area contributed by atoms with Crippen molar-refractivity contribution in [1.29, 1.82) is 0 Å². The molecule has 1 unspecified atom stereocenters. The van der Waals surface area contributed by atoms with Crippen LogP contribution in [0.5, 0.6) is 0 Å². The van der Waals surface area contributed by atoms with Crippen LogP contribution in [-0.2, 0) is 9.59 Å². The molecule has 0 aliphatic carbocycles. The molecule has 0 saturated carbocycles. The van der Waals surface area contributed by atoms with Crippen molar-refractivity contribution in [2.75, 3.05) is 19.6 Å². The lowest BCUT2D eigenvalue weighted by Crippen LogP contribution is -2.49. The third kappa shape index (κ3) is 3.59. The number of carboxylic acid groups (broad SMARTS) is 1. The fourth-order valence-electron chi connectivity index (χ4n) is 2.52. The first kappa shape index (κ1) is 13.6. The summed E-state index contributed by atoms with van der Waals surface area (Å²) in [5, 5.41) is 14.5. The molecule has 2 atom stereocenters. The van der Waals surface area contributed by atoms with Crippen molar-refractivity contribution in [2.24, 2.45) is 5.92 Å². The third-order valence-corrected chi connectivity index (χ3v) is 3.64. The lowest BCUT2D eigenvalue weighted by Gasteiger charge is -2.31. The zero-order chi connectivity index (χ0) is 13.8. The number of carbonyl (C=O) groups is 3. The number of aliphatic carboxylic acids is 1. The summed E-state index contributed by atoms with van der Waals surface area (Å²) in [7, 11) is 0. The van der Waals surface area contributed by atoms with E-state index in [9.17, 15) is 14.4 Å². The fraction of sp³-hybridized carbons (Fsp3) is 0.750. The first-order valence-electron chi connectivity index (χ1n) is 6.61. The number of urea groups is 1. The highest BCUT2D eigenvalue weighted by atomic mass is 16.4. The van der Waals surface area contributed by atoms with Gasteiger partial charge in [-0.25, -0.2) is 4.79 Å². The second kappa shape index (κ2) is 5.90. The Bertz CT molecular complexity index is 385. The van der Waals surface area contributed by atoms with E-state index in [0.29, 0.717) is 32.4 Å². The van der Waals surface area contributed by atoms with Crippen molar-refractivity contribution in [3.8, 4) is 0 Å². The quantitative estimate of drug-likeness (QED) is 0.659. The Morgan fingerprint density at radius 1 is 1.42 bits per heavy atom. The summed E-state index contributed by atoms with van der Waals surface area (Å²) in [6.07, 6.45) is 2.57. The molecule has 2 fully saturated rings. The Hall–Kier alpha value is -1.79. The van der Waals surface area contributed by atoms with Crippen molar-refractivity contribution in [3.05, 3.63) is 0 Å². The summed E-state index contributed by atoms with van der Waals surface area (Å²) >= 11 is 0. The van der Waals surface area contributed by atoms with Gasteiger partial charge in [0, 0.05) is 32.1 Å². The molecule has 2 heterocycles. The molecule has 3 N–H and O–H groups in total. The first-order chi connectivity index (χ1) is 9.06. The van der Waals surface area contributed by atoms with Crippen LogP contribution in [0.1, 0.15) is 25.7 Å². The summed E-state index contributed by atoms with van der Waals surface area (Å²) in [6.45, 7) is 1.25. The van der Waals surface area contributed by atoms with Gasteiger partial charge in [0.15, 0.2) is 0 Å². The smallest absolute Gasteiger partial charge is 0.317 e. The maximum atomic E-state index is 11.9. The molecule has 0 aromatic heterocycles. The van der Waals surface area contributed by atoms with Gasteiger partial charge in [-0.2, -0.15) is 0 Å². The van der Waals surface area contributed by atoms with E-state index >= 15 is 0 Å². The van der Waals surface area contributed by atoms with Gasteiger partial charge in [0.25, 0.3) is 0 Å². The van der Waals surface area contributed by atoms with Crippen molar-refractivity contribution in [1.82, 2.24) is 15.5 Å². The van der Waals surface area contributed by atoms with Crippen LogP contribution < -0.4 is 10.6 Å². The van der Waals surface area contributed by atoms with Crippen LogP contribution in [0.15, 0.2) is 0 Å². The van der Waals surface area contributed by atoms with Gasteiger partial charge >= 0.3 is 12.0 Å². The number of carboxylic acids is 1. The molecule has 2 saturated heterocycles. The van der Waals surface area contributed by atoms with E-state index in [-0.39, 0.29) is 24.5 Å². The molecule has 7 nitrogen and oxygen atoms in total. The normalized spacial score (nSPS) is 26.9. The second-order valence-corrected chi connectivity index (χ2v) is 5.11. The molecule has 0 aromatic rings. The van der Waals surface area contributed by atoms with Crippen LogP contribution in [0.2, 0.25) is 0 Å². The van der Waals surface area contributed by atoms with Gasteiger partial charge in [-0.3, -0.25) is 9.59 Å². The number of hydrogen-bond donors (Lipinski definition) is 3. The van der Waals surface area contributed by atoms with Gasteiger partial charge in [0.2, 0.25) is 5.91 Å². The molecule has 0 aromatic carbocycles. The highest BCUT2D eigenvalue weighted by Crippen LogP contribution is 2.16. The lowest BCUT2D eigenvalue weighted by atomic mass is 9.99. The minimum absolute atomic E-state index is 0.00323. The molecule has 19 heavy (non-hydrogen) atoms.